The molecule has 10 heteroatoms. The summed E-state index contributed by atoms with van der Waals surface area (Å²) in [5.41, 5.74) is -3.24. The van der Waals surface area contributed by atoms with Crippen LogP contribution in [0.2, 0.25) is 0 Å². The number of alkyl halides is 3. The predicted molar refractivity (Wildman–Crippen MR) is 120 cm³/mol. The molecule has 2 unspecified atom stereocenters. The van der Waals surface area contributed by atoms with Crippen LogP contribution in [0.5, 0.6) is 5.75 Å². The van der Waals surface area contributed by atoms with Crippen LogP contribution < -0.4 is 9.84 Å². The highest BCUT2D eigenvalue weighted by atomic mass is 19.4. The first-order chi connectivity index (χ1) is 17.4. The van der Waals surface area contributed by atoms with Gasteiger partial charge in [-0.1, -0.05) is 0 Å². The summed E-state index contributed by atoms with van der Waals surface area (Å²) in [6.07, 6.45) is 2.37. The van der Waals surface area contributed by atoms with Gasteiger partial charge >= 0.3 is 6.18 Å². The number of nitrogens with zero attached hydrogens (tertiary/aromatic N) is 1. The first-order valence-electron chi connectivity index (χ1n) is 13.1. The third-order valence-corrected chi connectivity index (χ3v) is 9.45. The number of β-amino-alcohol motifs (C(OH)–C–C–N with tert-alkyl or cyclic N) is 1. The number of halogens is 4. The van der Waals surface area contributed by atoms with Gasteiger partial charge in [0.15, 0.2) is 5.60 Å². The summed E-state index contributed by atoms with van der Waals surface area (Å²) in [7, 11) is 0. The SMILES string of the molecule is O=C([O-])C1CC(O)(C(F)(F)F)CN1C(=O)c1cc(C2CC2)c(OCC23CC4CC(CC(C4)C2)C3)cc1F. The normalized spacial score (nSPS) is 36.7. The van der Waals surface area contributed by atoms with Gasteiger partial charge in [-0.05, 0) is 86.7 Å². The highest BCUT2D eigenvalue weighted by Gasteiger charge is 2.61. The van der Waals surface area contributed by atoms with Crippen LogP contribution in [0.25, 0.3) is 0 Å². The average molecular weight is 525 g/mol. The van der Waals surface area contributed by atoms with Crippen molar-refractivity contribution in [3.8, 4) is 5.75 Å². The lowest BCUT2D eigenvalue weighted by molar-refractivity contribution is -0.310. The first-order valence-corrected chi connectivity index (χ1v) is 13.1. The zero-order chi connectivity index (χ0) is 26.3. The Morgan fingerprint density at radius 2 is 1.65 bits per heavy atom. The van der Waals surface area contributed by atoms with Crippen LogP contribution in [0.3, 0.4) is 0 Å². The van der Waals surface area contributed by atoms with Gasteiger partial charge < -0.3 is 24.6 Å². The second-order valence-corrected chi connectivity index (χ2v) is 12.4. The number of likely N-dealkylation sites (tertiary alicyclic amines) is 1. The summed E-state index contributed by atoms with van der Waals surface area (Å²) in [4.78, 5) is 25.1. The number of hydrogen-bond donors (Lipinski definition) is 1. The molecule has 1 heterocycles. The van der Waals surface area contributed by atoms with Crippen molar-refractivity contribution in [2.75, 3.05) is 13.2 Å². The molecule has 202 valence electrons. The molecule has 0 aromatic heterocycles. The van der Waals surface area contributed by atoms with Crippen molar-refractivity contribution in [2.45, 2.75) is 81.5 Å². The smallest absolute Gasteiger partial charge is 0.419 e. The molecule has 1 aliphatic heterocycles. The monoisotopic (exact) mass is 524 g/mol. The standard InChI is InChI=1S/C27H31F4NO5/c28-20-7-22(37-13-25-8-14-3-15(9-25)5-16(4-14)10-25)18(17-1-2-17)6-19(20)23(33)32-12-26(36,27(29,30)31)11-21(32)24(34)35/h6-7,14-17,21,36H,1-5,8-13H2,(H,34,35)/p-1. The van der Waals surface area contributed by atoms with E-state index in [-0.39, 0.29) is 11.3 Å². The van der Waals surface area contributed by atoms with Crippen molar-refractivity contribution in [1.29, 1.82) is 0 Å². The number of rotatable bonds is 6. The van der Waals surface area contributed by atoms with Gasteiger partial charge in [-0.15, -0.1) is 0 Å². The Morgan fingerprint density at radius 1 is 1.05 bits per heavy atom. The summed E-state index contributed by atoms with van der Waals surface area (Å²) < 4.78 is 61.7. The van der Waals surface area contributed by atoms with E-state index in [9.17, 15) is 33.0 Å². The van der Waals surface area contributed by atoms with Crippen LogP contribution in [-0.4, -0.2) is 52.9 Å². The number of aliphatic hydroxyl groups is 1. The number of amides is 1. The van der Waals surface area contributed by atoms with Gasteiger partial charge in [-0.25, -0.2) is 4.39 Å². The van der Waals surface area contributed by atoms with E-state index >= 15 is 4.39 Å². The van der Waals surface area contributed by atoms with Crippen LogP contribution in [0.1, 0.15) is 79.6 Å². The Hall–Kier alpha value is -2.36. The Labute approximate surface area is 212 Å². The van der Waals surface area contributed by atoms with E-state index in [0.29, 0.717) is 22.8 Å². The highest BCUT2D eigenvalue weighted by molar-refractivity contribution is 5.97. The molecule has 1 amide bonds. The minimum Gasteiger partial charge on any atom is -0.548 e. The number of aliphatic carboxylic acids is 1. The number of carboxylic acid groups (broad SMARTS) is 1. The van der Waals surface area contributed by atoms with E-state index in [0.717, 1.165) is 55.9 Å². The number of ether oxygens (including phenoxy) is 1. The minimum atomic E-state index is -5.16. The molecule has 7 rings (SSSR count). The highest BCUT2D eigenvalue weighted by Crippen LogP contribution is 2.60. The fraction of sp³-hybridized carbons (Fsp3) is 0.704. The topological polar surface area (TPSA) is 89.9 Å². The molecule has 5 aliphatic carbocycles. The molecule has 0 radical (unpaired) electrons. The zero-order valence-corrected chi connectivity index (χ0v) is 20.4. The molecule has 4 bridgehead atoms. The van der Waals surface area contributed by atoms with Gasteiger partial charge in [0.25, 0.3) is 5.91 Å². The third-order valence-electron chi connectivity index (χ3n) is 9.45. The maximum atomic E-state index is 15.3. The van der Waals surface area contributed by atoms with E-state index in [1.165, 1.54) is 25.3 Å². The molecule has 37 heavy (non-hydrogen) atoms. The van der Waals surface area contributed by atoms with E-state index in [4.69, 9.17) is 4.74 Å². The van der Waals surface area contributed by atoms with Crippen molar-refractivity contribution < 1.29 is 42.1 Å². The number of benzene rings is 1. The number of carboxylic acids is 1. The molecule has 5 saturated carbocycles. The minimum absolute atomic E-state index is 0.0427. The first kappa shape index (κ1) is 24.9. The predicted octanol–water partition coefficient (Wildman–Crippen LogP) is 3.56. The molecule has 6 nitrogen and oxygen atoms in total. The molecule has 0 spiro atoms. The maximum Gasteiger partial charge on any atom is 0.419 e. The van der Waals surface area contributed by atoms with Crippen LogP contribution in [0.15, 0.2) is 12.1 Å². The Balaban J connectivity index is 1.25. The van der Waals surface area contributed by atoms with Gasteiger partial charge in [0.2, 0.25) is 0 Å². The van der Waals surface area contributed by atoms with Crippen LogP contribution in [0, 0.1) is 29.0 Å². The Bertz CT molecular complexity index is 1100. The van der Waals surface area contributed by atoms with Crippen molar-refractivity contribution >= 4 is 11.9 Å². The quantitative estimate of drug-likeness (QED) is 0.575. The van der Waals surface area contributed by atoms with Crippen LogP contribution >= 0.6 is 0 Å². The van der Waals surface area contributed by atoms with Crippen molar-refractivity contribution in [3.63, 3.8) is 0 Å². The molecule has 1 aromatic carbocycles. The summed E-state index contributed by atoms with van der Waals surface area (Å²) >= 11 is 0. The van der Waals surface area contributed by atoms with Crippen LogP contribution in [0.4, 0.5) is 17.6 Å². The van der Waals surface area contributed by atoms with Crippen molar-refractivity contribution in [2.24, 2.45) is 23.2 Å². The summed E-state index contributed by atoms with van der Waals surface area (Å²) in [6, 6.07) is 0.373. The summed E-state index contributed by atoms with van der Waals surface area (Å²) in [5, 5.41) is 21.6. The average Bonchev–Trinajstić information content (AvgIpc) is 3.56. The van der Waals surface area contributed by atoms with E-state index in [1.807, 2.05) is 0 Å². The van der Waals surface area contributed by atoms with E-state index in [2.05, 4.69) is 0 Å². The molecule has 1 aromatic rings. The lowest BCUT2D eigenvalue weighted by Gasteiger charge is -2.56. The number of carbonyl (C=O) groups is 2. The van der Waals surface area contributed by atoms with Gasteiger partial charge in [0.05, 0.1) is 30.7 Å². The molecule has 2 atom stereocenters. The van der Waals surface area contributed by atoms with E-state index in [1.54, 1.807) is 0 Å². The third kappa shape index (κ3) is 4.29. The second-order valence-electron chi connectivity index (χ2n) is 12.4. The Kier molecular flexibility index (Phi) is 5.61. The van der Waals surface area contributed by atoms with Crippen LogP contribution in [-0.2, 0) is 4.79 Å². The lowest BCUT2D eigenvalue weighted by Crippen LogP contribution is -2.48. The Morgan fingerprint density at radius 3 is 2.16 bits per heavy atom. The fourth-order valence-corrected chi connectivity index (χ4v) is 7.94. The fourth-order valence-electron chi connectivity index (χ4n) is 7.94. The van der Waals surface area contributed by atoms with Gasteiger partial charge in [0, 0.05) is 17.9 Å². The molecular formula is C27H30F4NO5-. The molecule has 1 N–H and O–H groups in total. The van der Waals surface area contributed by atoms with Gasteiger partial charge in [-0.2, -0.15) is 13.2 Å². The molecule has 1 saturated heterocycles. The van der Waals surface area contributed by atoms with Crippen molar-refractivity contribution in [1.82, 2.24) is 4.90 Å². The summed E-state index contributed by atoms with van der Waals surface area (Å²) in [6.45, 7) is -0.836. The molecule has 6 aliphatic rings. The lowest BCUT2D eigenvalue weighted by atomic mass is 9.50. The number of carbonyl (C=O) groups excluding carboxylic acids is 2. The molecule has 6 fully saturated rings. The second kappa shape index (κ2) is 8.32. The van der Waals surface area contributed by atoms with Crippen molar-refractivity contribution in [3.05, 3.63) is 29.1 Å². The zero-order valence-electron chi connectivity index (χ0n) is 20.4. The van der Waals surface area contributed by atoms with Gasteiger partial charge in [0.1, 0.15) is 11.6 Å². The largest absolute Gasteiger partial charge is 0.548 e. The van der Waals surface area contributed by atoms with Gasteiger partial charge in [-0.3, -0.25) is 4.79 Å². The summed E-state index contributed by atoms with van der Waals surface area (Å²) in [5.74, 6) is -1.59. The molecular weight excluding hydrogens is 494 g/mol. The number of hydrogen-bond acceptors (Lipinski definition) is 5. The van der Waals surface area contributed by atoms with E-state index < -0.39 is 54.0 Å². The maximum absolute atomic E-state index is 15.3.